The van der Waals surface area contributed by atoms with Crippen LogP contribution < -0.4 is 9.64 Å². The molecule has 0 N–H and O–H groups in total. The predicted molar refractivity (Wildman–Crippen MR) is 116 cm³/mol. The summed E-state index contributed by atoms with van der Waals surface area (Å²) >= 11 is 0. The Morgan fingerprint density at radius 3 is 2.39 bits per heavy atom. The van der Waals surface area contributed by atoms with Crippen LogP contribution in [0, 0.1) is 11.8 Å². The van der Waals surface area contributed by atoms with Crippen molar-refractivity contribution in [2.45, 2.75) is 64.9 Å². The molecule has 1 atom stereocenters. The number of allylic oxidation sites excluding steroid dienone is 2. The zero-order chi connectivity index (χ0) is 20.6. The molecule has 1 aromatic carbocycles. The van der Waals surface area contributed by atoms with Crippen LogP contribution in [0.2, 0.25) is 0 Å². The Hall–Kier alpha value is -2.23. The van der Waals surface area contributed by atoms with Crippen LogP contribution in [0.4, 0.5) is 10.5 Å². The molecular formula is C24H35NO3. The minimum Gasteiger partial charge on any atom is -0.497 e. The largest absolute Gasteiger partial charge is 0.497 e. The minimum atomic E-state index is -0.556. The van der Waals surface area contributed by atoms with Crippen LogP contribution in [0.1, 0.15) is 59.3 Å². The Kier molecular flexibility index (Phi) is 8.16. The lowest BCUT2D eigenvalue weighted by Crippen LogP contribution is -2.33. The van der Waals surface area contributed by atoms with Gasteiger partial charge in [-0.1, -0.05) is 31.4 Å². The van der Waals surface area contributed by atoms with Gasteiger partial charge in [0, 0.05) is 6.20 Å². The summed E-state index contributed by atoms with van der Waals surface area (Å²) in [6, 6.07) is 7.44. The Morgan fingerprint density at radius 1 is 1.21 bits per heavy atom. The van der Waals surface area contributed by atoms with Crippen molar-refractivity contribution < 1.29 is 14.3 Å². The highest BCUT2D eigenvalue weighted by molar-refractivity contribution is 5.90. The lowest BCUT2D eigenvalue weighted by atomic mass is 9.78. The summed E-state index contributed by atoms with van der Waals surface area (Å²) in [6.07, 6.45) is 13.0. The molecule has 28 heavy (non-hydrogen) atoms. The van der Waals surface area contributed by atoms with Crippen molar-refractivity contribution in [2.24, 2.45) is 11.8 Å². The second-order valence-electron chi connectivity index (χ2n) is 8.48. The van der Waals surface area contributed by atoms with Crippen molar-refractivity contribution in [2.75, 3.05) is 12.0 Å². The number of methoxy groups -OCH3 is 1. The van der Waals surface area contributed by atoms with Crippen molar-refractivity contribution in [1.82, 2.24) is 0 Å². The van der Waals surface area contributed by atoms with Crippen LogP contribution in [-0.4, -0.2) is 18.8 Å². The summed E-state index contributed by atoms with van der Waals surface area (Å²) in [5.74, 6) is 1.80. The first kappa shape index (κ1) is 22.1. The van der Waals surface area contributed by atoms with Gasteiger partial charge in [-0.05, 0) is 76.1 Å². The second kappa shape index (κ2) is 10.4. The number of amides is 1. The first-order valence-corrected chi connectivity index (χ1v) is 10.3. The van der Waals surface area contributed by atoms with E-state index in [9.17, 15) is 4.79 Å². The highest BCUT2D eigenvalue weighted by Crippen LogP contribution is 2.33. The molecule has 1 saturated carbocycles. The van der Waals surface area contributed by atoms with Gasteiger partial charge in [0.15, 0.2) is 0 Å². The van der Waals surface area contributed by atoms with Gasteiger partial charge in [-0.15, -0.1) is 6.58 Å². The van der Waals surface area contributed by atoms with Gasteiger partial charge in [0.2, 0.25) is 0 Å². The average molecular weight is 386 g/mol. The summed E-state index contributed by atoms with van der Waals surface area (Å²) in [4.78, 5) is 14.4. The maximum atomic E-state index is 12.9. The summed E-state index contributed by atoms with van der Waals surface area (Å²) in [7, 11) is 1.63. The van der Waals surface area contributed by atoms with Crippen LogP contribution in [0.15, 0.2) is 49.2 Å². The number of ether oxygens (including phenoxy) is 2. The molecule has 154 valence electrons. The van der Waals surface area contributed by atoms with E-state index in [2.05, 4.69) is 12.7 Å². The number of rotatable bonds is 7. The van der Waals surface area contributed by atoms with Crippen molar-refractivity contribution >= 4 is 11.8 Å². The molecule has 1 aliphatic rings. The van der Waals surface area contributed by atoms with Crippen molar-refractivity contribution in [3.8, 4) is 5.75 Å². The van der Waals surface area contributed by atoms with Gasteiger partial charge in [0.05, 0.1) is 12.8 Å². The summed E-state index contributed by atoms with van der Waals surface area (Å²) in [5, 5.41) is 0. The first-order chi connectivity index (χ1) is 13.3. The molecule has 0 radical (unpaired) electrons. The highest BCUT2D eigenvalue weighted by Gasteiger charge is 2.24. The summed E-state index contributed by atoms with van der Waals surface area (Å²) < 4.78 is 10.9. The fourth-order valence-corrected chi connectivity index (χ4v) is 3.69. The SMILES string of the molecule is C=CC[C@H](/C=C/N(C(=O)OC(C)(C)C)c1ccc(OC)cc1)C1CCCCC1. The number of anilines is 1. The Balaban J connectivity index is 2.26. The number of carbonyl (C=O) groups excluding carboxylic acids is 1. The number of nitrogens with zero attached hydrogens (tertiary/aromatic N) is 1. The zero-order valence-electron chi connectivity index (χ0n) is 17.8. The van der Waals surface area contributed by atoms with E-state index in [1.165, 1.54) is 32.1 Å². The number of hydrogen-bond donors (Lipinski definition) is 0. The molecule has 4 heteroatoms. The Labute approximate surface area is 170 Å². The van der Waals surface area contributed by atoms with Crippen LogP contribution in [0.5, 0.6) is 5.75 Å². The fraction of sp³-hybridized carbons (Fsp3) is 0.542. The van der Waals surface area contributed by atoms with E-state index in [0.717, 1.165) is 17.9 Å². The van der Waals surface area contributed by atoms with Crippen molar-refractivity contribution in [3.05, 3.63) is 49.2 Å². The minimum absolute atomic E-state index is 0.380. The van der Waals surface area contributed by atoms with Gasteiger partial charge in [-0.25, -0.2) is 4.79 Å². The summed E-state index contributed by atoms with van der Waals surface area (Å²) in [5.41, 5.74) is 0.201. The molecule has 2 rings (SSSR count). The maximum Gasteiger partial charge on any atom is 0.418 e. The van der Waals surface area contributed by atoms with E-state index in [0.29, 0.717) is 11.8 Å². The normalized spacial score (nSPS) is 16.6. The number of carbonyl (C=O) groups is 1. The molecular weight excluding hydrogens is 350 g/mol. The molecule has 1 aliphatic carbocycles. The second-order valence-corrected chi connectivity index (χ2v) is 8.48. The molecule has 0 spiro atoms. The smallest absolute Gasteiger partial charge is 0.418 e. The molecule has 0 bridgehead atoms. The third-order valence-corrected chi connectivity index (χ3v) is 5.12. The van der Waals surface area contributed by atoms with Crippen LogP contribution >= 0.6 is 0 Å². The molecule has 1 aromatic rings. The average Bonchev–Trinajstić information content (AvgIpc) is 2.67. The van der Waals surface area contributed by atoms with E-state index < -0.39 is 5.60 Å². The van der Waals surface area contributed by atoms with Crippen LogP contribution in [-0.2, 0) is 4.74 Å². The molecule has 0 aromatic heterocycles. The maximum absolute atomic E-state index is 12.9. The van der Waals surface area contributed by atoms with Gasteiger partial charge in [-0.2, -0.15) is 0 Å². The van der Waals surface area contributed by atoms with Crippen LogP contribution in [0.3, 0.4) is 0 Å². The van der Waals surface area contributed by atoms with Gasteiger partial charge >= 0.3 is 6.09 Å². The molecule has 1 fully saturated rings. The van der Waals surface area contributed by atoms with Gasteiger partial charge in [-0.3, -0.25) is 4.90 Å². The van der Waals surface area contributed by atoms with E-state index in [1.54, 1.807) is 12.0 Å². The number of benzene rings is 1. The predicted octanol–water partition coefficient (Wildman–Crippen LogP) is 6.72. The van der Waals surface area contributed by atoms with Gasteiger partial charge in [0.1, 0.15) is 11.4 Å². The molecule has 0 heterocycles. The third kappa shape index (κ3) is 6.74. The molecule has 0 aliphatic heterocycles. The Bertz CT molecular complexity index is 651. The lowest BCUT2D eigenvalue weighted by Gasteiger charge is -2.29. The first-order valence-electron chi connectivity index (χ1n) is 10.3. The van der Waals surface area contributed by atoms with E-state index in [1.807, 2.05) is 57.3 Å². The number of hydrogen-bond acceptors (Lipinski definition) is 3. The molecule has 1 amide bonds. The summed E-state index contributed by atoms with van der Waals surface area (Å²) in [6.45, 7) is 9.57. The lowest BCUT2D eigenvalue weighted by molar-refractivity contribution is 0.0596. The zero-order valence-corrected chi connectivity index (χ0v) is 17.8. The molecule has 0 saturated heterocycles. The monoisotopic (exact) mass is 385 g/mol. The topological polar surface area (TPSA) is 38.8 Å². The third-order valence-electron chi connectivity index (χ3n) is 5.12. The molecule has 0 unspecified atom stereocenters. The van der Waals surface area contributed by atoms with Gasteiger partial charge < -0.3 is 9.47 Å². The van der Waals surface area contributed by atoms with E-state index >= 15 is 0 Å². The van der Waals surface area contributed by atoms with Crippen molar-refractivity contribution in [3.63, 3.8) is 0 Å². The fourth-order valence-electron chi connectivity index (χ4n) is 3.69. The van der Waals surface area contributed by atoms with Gasteiger partial charge in [0.25, 0.3) is 0 Å². The van der Waals surface area contributed by atoms with E-state index in [-0.39, 0.29) is 6.09 Å². The Morgan fingerprint density at radius 2 is 1.86 bits per heavy atom. The quantitative estimate of drug-likeness (QED) is 0.489. The van der Waals surface area contributed by atoms with E-state index in [4.69, 9.17) is 9.47 Å². The molecule has 4 nitrogen and oxygen atoms in total. The van der Waals surface area contributed by atoms with Crippen LogP contribution in [0.25, 0.3) is 0 Å². The van der Waals surface area contributed by atoms with Crippen molar-refractivity contribution in [1.29, 1.82) is 0 Å². The highest BCUT2D eigenvalue weighted by atomic mass is 16.6. The standard InChI is InChI=1S/C24H35NO3/c1-6-10-19(20-11-8-7-9-12-20)17-18-25(23(26)28-24(2,3)4)21-13-15-22(27-5)16-14-21/h6,13-20H,1,7-12H2,2-5H3/b18-17+/t19-/m1/s1.